The van der Waals surface area contributed by atoms with Gasteiger partial charge in [0.2, 0.25) is 5.95 Å². The van der Waals surface area contributed by atoms with E-state index in [0.29, 0.717) is 29.9 Å². The van der Waals surface area contributed by atoms with Crippen molar-refractivity contribution in [2.45, 2.75) is 26.9 Å². The molecule has 0 bridgehead atoms. The van der Waals surface area contributed by atoms with Crippen molar-refractivity contribution < 1.29 is 0 Å². The molecule has 0 fully saturated rings. The summed E-state index contributed by atoms with van der Waals surface area (Å²) < 4.78 is 3.81. The lowest BCUT2D eigenvalue weighted by Gasteiger charge is -2.11. The molecule has 0 aliphatic carbocycles. The number of hydrogen-bond donors (Lipinski definition) is 2. The summed E-state index contributed by atoms with van der Waals surface area (Å²) in [7, 11) is 1.83. The molecule has 0 aliphatic heterocycles. The summed E-state index contributed by atoms with van der Waals surface area (Å²) in [4.78, 5) is 12.9. The number of aromatic nitrogens is 6. The molecule has 3 heterocycles. The SMILES string of the molecule is CC(C)Cn1cncc1CNc1nc(N)c2cnn(C)c2n1. The fraction of sp³-hybridized carbons (Fsp3) is 0.429. The molecule has 22 heavy (non-hydrogen) atoms. The minimum atomic E-state index is 0.427. The number of imidazole rings is 1. The number of nitrogens with one attached hydrogen (secondary N) is 1. The number of fused-ring (bicyclic) bond motifs is 1. The molecule has 8 heteroatoms. The smallest absolute Gasteiger partial charge is 0.227 e. The lowest BCUT2D eigenvalue weighted by Crippen LogP contribution is -2.12. The average molecular weight is 300 g/mol. The Morgan fingerprint density at radius 3 is 2.86 bits per heavy atom. The van der Waals surface area contributed by atoms with E-state index in [1.54, 1.807) is 10.9 Å². The van der Waals surface area contributed by atoms with Crippen LogP contribution in [0.3, 0.4) is 0 Å². The maximum atomic E-state index is 5.95. The summed E-state index contributed by atoms with van der Waals surface area (Å²) in [6, 6.07) is 0. The third kappa shape index (κ3) is 2.72. The summed E-state index contributed by atoms with van der Waals surface area (Å²) in [6.07, 6.45) is 5.37. The lowest BCUT2D eigenvalue weighted by atomic mass is 10.2. The number of nitrogens with zero attached hydrogens (tertiary/aromatic N) is 6. The zero-order valence-corrected chi connectivity index (χ0v) is 13.0. The molecule has 0 spiro atoms. The summed E-state index contributed by atoms with van der Waals surface area (Å²) in [5.41, 5.74) is 7.75. The van der Waals surface area contributed by atoms with E-state index in [0.717, 1.165) is 17.6 Å². The number of nitrogen functional groups attached to an aromatic ring is 1. The maximum Gasteiger partial charge on any atom is 0.227 e. The lowest BCUT2D eigenvalue weighted by molar-refractivity contribution is 0.511. The van der Waals surface area contributed by atoms with Crippen molar-refractivity contribution in [2.75, 3.05) is 11.1 Å². The van der Waals surface area contributed by atoms with Gasteiger partial charge in [0.25, 0.3) is 0 Å². The van der Waals surface area contributed by atoms with E-state index in [4.69, 9.17) is 5.73 Å². The van der Waals surface area contributed by atoms with Gasteiger partial charge in [0.15, 0.2) is 5.65 Å². The van der Waals surface area contributed by atoms with Crippen molar-refractivity contribution in [1.29, 1.82) is 0 Å². The summed E-state index contributed by atoms with van der Waals surface area (Å²) in [5, 5.41) is 8.12. The van der Waals surface area contributed by atoms with Gasteiger partial charge >= 0.3 is 0 Å². The van der Waals surface area contributed by atoms with Crippen molar-refractivity contribution in [3.63, 3.8) is 0 Å². The average Bonchev–Trinajstić information content (AvgIpc) is 3.04. The third-order valence-corrected chi connectivity index (χ3v) is 3.41. The van der Waals surface area contributed by atoms with Gasteiger partial charge in [0, 0.05) is 19.8 Å². The van der Waals surface area contributed by atoms with Crippen LogP contribution in [-0.2, 0) is 20.1 Å². The molecular weight excluding hydrogens is 280 g/mol. The zero-order valence-electron chi connectivity index (χ0n) is 13.0. The maximum absolute atomic E-state index is 5.95. The van der Waals surface area contributed by atoms with Crippen molar-refractivity contribution in [3.05, 3.63) is 24.4 Å². The number of anilines is 2. The van der Waals surface area contributed by atoms with Crippen LogP contribution in [0.1, 0.15) is 19.5 Å². The number of hydrogen-bond acceptors (Lipinski definition) is 6. The predicted octanol–water partition coefficient (Wildman–Crippen LogP) is 1.41. The van der Waals surface area contributed by atoms with Crippen LogP contribution in [0.15, 0.2) is 18.7 Å². The van der Waals surface area contributed by atoms with Crippen molar-refractivity contribution in [2.24, 2.45) is 13.0 Å². The topological polar surface area (TPSA) is 99.5 Å². The van der Waals surface area contributed by atoms with Gasteiger partial charge in [-0.05, 0) is 5.92 Å². The first-order valence-electron chi connectivity index (χ1n) is 7.22. The minimum absolute atomic E-state index is 0.427. The quantitative estimate of drug-likeness (QED) is 0.739. The second-order valence-electron chi connectivity index (χ2n) is 5.72. The van der Waals surface area contributed by atoms with Gasteiger partial charge in [-0.15, -0.1) is 0 Å². The number of rotatable bonds is 5. The van der Waals surface area contributed by atoms with Crippen LogP contribution in [0, 0.1) is 5.92 Å². The normalized spacial score (nSPS) is 11.5. The highest BCUT2D eigenvalue weighted by molar-refractivity contribution is 5.86. The van der Waals surface area contributed by atoms with E-state index in [1.165, 1.54) is 0 Å². The Hall–Kier alpha value is -2.64. The van der Waals surface area contributed by atoms with E-state index < -0.39 is 0 Å². The molecule has 0 amide bonds. The Labute approximate surface area is 128 Å². The first-order chi connectivity index (χ1) is 10.5. The molecule has 0 unspecified atom stereocenters. The Kier molecular flexibility index (Phi) is 3.66. The van der Waals surface area contributed by atoms with E-state index in [9.17, 15) is 0 Å². The molecule has 3 N–H and O–H groups in total. The molecule has 0 aliphatic rings. The van der Waals surface area contributed by atoms with E-state index >= 15 is 0 Å². The highest BCUT2D eigenvalue weighted by Crippen LogP contribution is 2.18. The molecule has 0 saturated heterocycles. The van der Waals surface area contributed by atoms with Gasteiger partial charge in [-0.1, -0.05) is 13.8 Å². The third-order valence-electron chi connectivity index (χ3n) is 3.41. The monoisotopic (exact) mass is 300 g/mol. The first-order valence-corrected chi connectivity index (χ1v) is 7.22. The second-order valence-corrected chi connectivity index (χ2v) is 5.72. The van der Waals surface area contributed by atoms with Crippen molar-refractivity contribution in [3.8, 4) is 0 Å². The van der Waals surface area contributed by atoms with Gasteiger partial charge < -0.3 is 15.6 Å². The van der Waals surface area contributed by atoms with Crippen LogP contribution in [0.25, 0.3) is 11.0 Å². The van der Waals surface area contributed by atoms with Gasteiger partial charge in [0.05, 0.1) is 30.1 Å². The second kappa shape index (κ2) is 5.63. The standard InChI is InChI=1S/C14H20N8/c1-9(2)7-22-8-16-4-10(22)5-17-14-19-12(15)11-6-18-21(3)13(11)20-14/h4,6,8-9H,5,7H2,1-3H3,(H3,15,17,19,20). The molecule has 3 rings (SSSR count). The Morgan fingerprint density at radius 1 is 1.27 bits per heavy atom. The fourth-order valence-electron chi connectivity index (χ4n) is 2.35. The molecular formula is C14H20N8. The number of nitrogens with two attached hydrogens (primary N) is 1. The minimum Gasteiger partial charge on any atom is -0.383 e. The zero-order chi connectivity index (χ0) is 15.7. The van der Waals surface area contributed by atoms with Crippen LogP contribution >= 0.6 is 0 Å². The van der Waals surface area contributed by atoms with Crippen LogP contribution < -0.4 is 11.1 Å². The highest BCUT2D eigenvalue weighted by Gasteiger charge is 2.10. The van der Waals surface area contributed by atoms with Gasteiger partial charge in [-0.2, -0.15) is 15.1 Å². The largest absolute Gasteiger partial charge is 0.383 e. The Bertz CT molecular complexity index is 785. The molecule has 116 valence electrons. The van der Waals surface area contributed by atoms with E-state index in [1.807, 2.05) is 19.6 Å². The van der Waals surface area contributed by atoms with Crippen LogP contribution in [-0.4, -0.2) is 29.3 Å². The van der Waals surface area contributed by atoms with Crippen LogP contribution in [0.2, 0.25) is 0 Å². The summed E-state index contributed by atoms with van der Waals surface area (Å²) in [5.74, 6) is 1.48. The van der Waals surface area contributed by atoms with Crippen LogP contribution in [0.5, 0.6) is 0 Å². The Balaban J connectivity index is 1.79. The molecule has 0 saturated carbocycles. The van der Waals surface area contributed by atoms with Gasteiger partial charge in [-0.25, -0.2) is 4.98 Å². The van der Waals surface area contributed by atoms with E-state index in [-0.39, 0.29) is 0 Å². The Morgan fingerprint density at radius 2 is 2.09 bits per heavy atom. The highest BCUT2D eigenvalue weighted by atomic mass is 15.3. The predicted molar refractivity (Wildman–Crippen MR) is 85.1 cm³/mol. The van der Waals surface area contributed by atoms with Crippen LogP contribution in [0.4, 0.5) is 11.8 Å². The molecule has 0 aromatic carbocycles. The fourth-order valence-corrected chi connectivity index (χ4v) is 2.35. The molecule has 0 radical (unpaired) electrons. The van der Waals surface area contributed by atoms with Gasteiger partial charge in [-0.3, -0.25) is 4.68 Å². The summed E-state index contributed by atoms with van der Waals surface area (Å²) in [6.45, 7) is 5.88. The van der Waals surface area contributed by atoms with Crippen molar-refractivity contribution in [1.82, 2.24) is 29.3 Å². The van der Waals surface area contributed by atoms with E-state index in [2.05, 4.69) is 43.8 Å². The molecule has 3 aromatic heterocycles. The first kappa shape index (κ1) is 14.3. The molecule has 8 nitrogen and oxygen atoms in total. The molecule has 3 aromatic rings. The van der Waals surface area contributed by atoms with Gasteiger partial charge in [0.1, 0.15) is 5.82 Å². The summed E-state index contributed by atoms with van der Waals surface area (Å²) >= 11 is 0. The number of aryl methyl sites for hydroxylation is 1. The van der Waals surface area contributed by atoms with Crippen molar-refractivity contribution >= 4 is 22.8 Å². The molecule has 0 atom stereocenters.